The fourth-order valence-corrected chi connectivity index (χ4v) is 2.80. The molecule has 1 atom stereocenters. The molecule has 0 saturated carbocycles. The number of ether oxygens (including phenoxy) is 2. The largest absolute Gasteiger partial charge is 0.497 e. The highest BCUT2D eigenvalue weighted by molar-refractivity contribution is 5.86. The maximum absolute atomic E-state index is 12.2. The third-order valence-corrected chi connectivity index (χ3v) is 3.87. The summed E-state index contributed by atoms with van der Waals surface area (Å²) in [6.07, 6.45) is -4.25. The van der Waals surface area contributed by atoms with Gasteiger partial charge in [0.2, 0.25) is 0 Å². The van der Waals surface area contributed by atoms with Crippen LogP contribution in [0.25, 0.3) is 10.9 Å². The second-order valence-electron chi connectivity index (χ2n) is 5.28. The van der Waals surface area contributed by atoms with E-state index in [0.717, 1.165) is 28.6 Å². The van der Waals surface area contributed by atoms with Crippen LogP contribution in [0.3, 0.4) is 0 Å². The van der Waals surface area contributed by atoms with Crippen molar-refractivity contribution < 1.29 is 32.9 Å². The molecule has 0 spiro atoms. The lowest BCUT2D eigenvalue weighted by molar-refractivity contribution is -0.200. The number of rotatable bonds is 3. The van der Waals surface area contributed by atoms with Gasteiger partial charge in [-0.3, -0.25) is 0 Å². The highest BCUT2D eigenvalue weighted by Gasteiger charge is 2.41. The molecule has 0 saturated heterocycles. The van der Waals surface area contributed by atoms with Crippen LogP contribution >= 0.6 is 0 Å². The number of methoxy groups -OCH3 is 1. The van der Waals surface area contributed by atoms with Crippen molar-refractivity contribution in [3.05, 3.63) is 29.5 Å². The summed E-state index contributed by atoms with van der Waals surface area (Å²) in [5, 5.41) is 4.03. The summed E-state index contributed by atoms with van der Waals surface area (Å²) in [6.45, 7) is 0.209. The molecule has 1 aromatic heterocycles. The van der Waals surface area contributed by atoms with Crippen molar-refractivity contribution in [2.24, 2.45) is 0 Å². The molecule has 140 valence electrons. The van der Waals surface area contributed by atoms with Gasteiger partial charge in [0.25, 0.3) is 0 Å². The molecule has 25 heavy (non-hydrogen) atoms. The van der Waals surface area contributed by atoms with Crippen LogP contribution in [0.1, 0.15) is 17.3 Å². The second-order valence-corrected chi connectivity index (χ2v) is 5.28. The second kappa shape index (κ2) is 7.72. The quantitative estimate of drug-likeness (QED) is 0.716. The molecule has 0 aliphatic carbocycles. The Morgan fingerprint density at radius 3 is 2.72 bits per heavy atom. The lowest BCUT2D eigenvalue weighted by atomic mass is 9.99. The number of esters is 1. The third-order valence-electron chi connectivity index (χ3n) is 3.87. The molecule has 1 unspecified atom stereocenters. The Kier molecular flexibility index (Phi) is 6.41. The zero-order valence-corrected chi connectivity index (χ0v) is 13.5. The van der Waals surface area contributed by atoms with Crippen LogP contribution in [-0.2, 0) is 16.0 Å². The number of hydrogen-bond acceptors (Lipinski definition) is 5. The summed E-state index contributed by atoms with van der Waals surface area (Å²) in [4.78, 5) is 14.1. The normalized spacial score (nSPS) is 16.4. The van der Waals surface area contributed by atoms with Crippen LogP contribution in [-0.4, -0.2) is 42.9 Å². The Morgan fingerprint density at radius 2 is 2.08 bits per heavy atom. The molecule has 1 aromatic carbocycles. The van der Waals surface area contributed by atoms with Gasteiger partial charge in [0.1, 0.15) is 12.4 Å². The van der Waals surface area contributed by atoms with Gasteiger partial charge in [0, 0.05) is 23.1 Å². The number of carbonyl (C=O) groups is 1. The van der Waals surface area contributed by atoms with Crippen LogP contribution < -0.4 is 16.2 Å². The molecule has 7 nitrogen and oxygen atoms in total. The van der Waals surface area contributed by atoms with E-state index in [1.165, 1.54) is 0 Å². The van der Waals surface area contributed by atoms with Crippen molar-refractivity contribution in [3.63, 3.8) is 0 Å². The predicted molar refractivity (Wildman–Crippen MR) is 84.9 cm³/mol. The van der Waals surface area contributed by atoms with E-state index in [9.17, 15) is 18.0 Å². The van der Waals surface area contributed by atoms with Crippen LogP contribution in [0, 0.1) is 0 Å². The zero-order chi connectivity index (χ0) is 16.6. The minimum atomic E-state index is -4.98. The lowest BCUT2D eigenvalue weighted by Crippen LogP contribution is -2.35. The van der Waals surface area contributed by atoms with Gasteiger partial charge in [-0.2, -0.15) is 13.2 Å². The van der Waals surface area contributed by atoms with Gasteiger partial charge in [-0.15, -0.1) is 0 Å². The standard InChI is InChI=1S/C15H15F3N2O3.H3N.H2O/c1-22-8-2-3-11-10(6-8)9-4-5-19-12(13(9)20-11)7-23-14(21)15(16,17)18;;/h2-3,6,12,19-20H,4-5,7H2,1H3;1H3;1H2. The summed E-state index contributed by atoms with van der Waals surface area (Å²) in [5.41, 5.74) is 2.62. The summed E-state index contributed by atoms with van der Waals surface area (Å²) in [6, 6.07) is 5.04. The van der Waals surface area contributed by atoms with Crippen molar-refractivity contribution in [2.75, 3.05) is 20.3 Å². The minimum Gasteiger partial charge on any atom is -0.497 e. The van der Waals surface area contributed by atoms with E-state index in [2.05, 4.69) is 15.0 Å². The Labute approximate surface area is 141 Å². The monoisotopic (exact) mass is 363 g/mol. The van der Waals surface area contributed by atoms with Crippen LogP contribution in [0.5, 0.6) is 5.75 Å². The van der Waals surface area contributed by atoms with Crippen LogP contribution in [0.4, 0.5) is 13.2 Å². The zero-order valence-electron chi connectivity index (χ0n) is 13.5. The number of fused-ring (bicyclic) bond motifs is 3. The summed E-state index contributed by atoms with van der Waals surface area (Å²) < 4.78 is 46.3. The van der Waals surface area contributed by atoms with E-state index in [0.29, 0.717) is 12.3 Å². The maximum atomic E-state index is 12.2. The summed E-state index contributed by atoms with van der Waals surface area (Å²) in [7, 11) is 1.57. The number of benzene rings is 1. The average molecular weight is 363 g/mol. The van der Waals surface area contributed by atoms with Crippen LogP contribution in [0.15, 0.2) is 18.2 Å². The molecular formula is C15H20F3N3O4. The van der Waals surface area contributed by atoms with E-state index < -0.39 is 18.2 Å². The third kappa shape index (κ3) is 4.03. The number of aromatic amines is 1. The highest BCUT2D eigenvalue weighted by atomic mass is 19.4. The van der Waals surface area contributed by atoms with Gasteiger partial charge in [-0.25, -0.2) is 4.79 Å². The molecule has 1 aliphatic heterocycles. The summed E-state index contributed by atoms with van der Waals surface area (Å²) in [5.74, 6) is -1.47. The number of alkyl halides is 3. The Morgan fingerprint density at radius 1 is 1.36 bits per heavy atom. The first-order valence-electron chi connectivity index (χ1n) is 7.06. The minimum absolute atomic E-state index is 0. The fourth-order valence-electron chi connectivity index (χ4n) is 2.80. The van der Waals surface area contributed by atoms with Crippen molar-refractivity contribution >= 4 is 16.9 Å². The summed E-state index contributed by atoms with van der Waals surface area (Å²) >= 11 is 0. The molecule has 10 heteroatoms. The van der Waals surface area contributed by atoms with E-state index in [1.54, 1.807) is 13.2 Å². The molecule has 0 radical (unpaired) electrons. The number of halogens is 3. The molecule has 2 aromatic rings. The van der Waals surface area contributed by atoms with Gasteiger partial charge in [0.05, 0.1) is 13.2 Å². The highest BCUT2D eigenvalue weighted by Crippen LogP contribution is 2.32. The smallest absolute Gasteiger partial charge is 0.490 e. The van der Waals surface area contributed by atoms with E-state index in [1.807, 2.05) is 12.1 Å². The number of aromatic nitrogens is 1. The van der Waals surface area contributed by atoms with Crippen LogP contribution in [0.2, 0.25) is 0 Å². The first-order chi connectivity index (χ1) is 10.9. The molecule has 2 heterocycles. The first-order valence-corrected chi connectivity index (χ1v) is 7.06. The molecule has 0 bridgehead atoms. The SMILES string of the molecule is COc1ccc2[nH]c3c(c2c1)CCNC3COC(=O)C(F)(F)F.N.O. The van der Waals surface area contributed by atoms with Gasteiger partial charge in [0.15, 0.2) is 0 Å². The number of carbonyl (C=O) groups excluding carboxylic acids is 1. The molecule has 0 amide bonds. The Hall–Kier alpha value is -2.30. The Bertz CT molecular complexity index is 745. The van der Waals surface area contributed by atoms with Crippen molar-refractivity contribution in [1.82, 2.24) is 16.5 Å². The molecule has 1 aliphatic rings. The van der Waals surface area contributed by atoms with E-state index in [4.69, 9.17) is 4.74 Å². The Balaban J connectivity index is 0.00000156. The van der Waals surface area contributed by atoms with Gasteiger partial charge >= 0.3 is 12.1 Å². The maximum Gasteiger partial charge on any atom is 0.490 e. The molecule has 0 fully saturated rings. The van der Waals surface area contributed by atoms with Crippen molar-refractivity contribution in [2.45, 2.75) is 18.6 Å². The molecular weight excluding hydrogens is 343 g/mol. The lowest BCUT2D eigenvalue weighted by Gasteiger charge is -2.24. The average Bonchev–Trinajstić information content (AvgIpc) is 2.89. The molecule has 7 N–H and O–H groups in total. The number of nitrogens with one attached hydrogen (secondary N) is 2. The van der Waals surface area contributed by atoms with Gasteiger partial charge < -0.3 is 31.4 Å². The van der Waals surface area contributed by atoms with Crippen molar-refractivity contribution in [1.29, 1.82) is 0 Å². The van der Waals surface area contributed by atoms with Gasteiger partial charge in [-0.05, 0) is 30.2 Å². The van der Waals surface area contributed by atoms with Crippen molar-refractivity contribution in [3.8, 4) is 5.75 Å². The topological polar surface area (TPSA) is 130 Å². The fraction of sp³-hybridized carbons (Fsp3) is 0.400. The molecule has 3 rings (SSSR count). The van der Waals surface area contributed by atoms with Gasteiger partial charge in [-0.1, -0.05) is 0 Å². The number of H-pyrrole nitrogens is 1. The predicted octanol–water partition coefficient (Wildman–Crippen LogP) is 1.81. The number of hydrogen-bond donors (Lipinski definition) is 3. The first kappa shape index (κ1) is 20.7. The van der Waals surface area contributed by atoms with E-state index in [-0.39, 0.29) is 18.2 Å². The van der Waals surface area contributed by atoms with E-state index >= 15 is 0 Å².